The highest BCUT2D eigenvalue weighted by Gasteiger charge is 2.31. The van der Waals surface area contributed by atoms with Crippen molar-refractivity contribution in [1.29, 1.82) is 0 Å². The van der Waals surface area contributed by atoms with Gasteiger partial charge in [-0.3, -0.25) is 9.59 Å². The molecule has 3 aromatic carbocycles. The van der Waals surface area contributed by atoms with Crippen molar-refractivity contribution in [3.05, 3.63) is 122 Å². The summed E-state index contributed by atoms with van der Waals surface area (Å²) >= 11 is 0. The second-order valence-corrected chi connectivity index (χ2v) is 9.86. The number of carbonyl (C=O) groups excluding carboxylic acids is 2. The number of fused-ring (bicyclic) bond motifs is 1. The smallest absolute Gasteiger partial charge is 0.358 e. The molecule has 5 rings (SSSR count). The molecule has 0 fully saturated rings. The van der Waals surface area contributed by atoms with Crippen LogP contribution in [0.1, 0.15) is 38.0 Å². The van der Waals surface area contributed by atoms with Crippen LogP contribution in [0, 0.1) is 29.1 Å². The van der Waals surface area contributed by atoms with E-state index in [0.29, 0.717) is 17.7 Å². The summed E-state index contributed by atoms with van der Waals surface area (Å²) in [5.41, 5.74) is -1.98. The van der Waals surface area contributed by atoms with Crippen LogP contribution in [0.5, 0.6) is 11.5 Å². The minimum Gasteiger partial charge on any atom is -0.489 e. The Morgan fingerprint density at radius 3 is 2.38 bits per heavy atom. The largest absolute Gasteiger partial charge is 0.489 e. The van der Waals surface area contributed by atoms with Gasteiger partial charge in [0.05, 0.1) is 18.8 Å². The Labute approximate surface area is 252 Å². The van der Waals surface area contributed by atoms with Gasteiger partial charge in [-0.2, -0.15) is 0 Å². The fraction of sp³-hybridized carbons (Fsp3) is 0.194. The van der Waals surface area contributed by atoms with Crippen molar-refractivity contribution in [1.82, 2.24) is 9.88 Å². The Bertz CT molecular complexity index is 1780. The lowest BCUT2D eigenvalue weighted by atomic mass is 10.1. The number of nitrogens with one attached hydrogen (secondary N) is 2. The van der Waals surface area contributed by atoms with Crippen molar-refractivity contribution in [2.45, 2.75) is 19.2 Å². The molecule has 1 aliphatic heterocycles. The predicted molar refractivity (Wildman–Crippen MR) is 150 cm³/mol. The first kappa shape index (κ1) is 31.0. The molecule has 2 N–H and O–H groups in total. The van der Waals surface area contributed by atoms with Crippen LogP contribution in [0.15, 0.2) is 65.6 Å². The molecule has 1 amide bonds. The molecular formula is C31H24F5N3O6. The van der Waals surface area contributed by atoms with Crippen molar-refractivity contribution >= 4 is 17.6 Å². The number of aromatic nitrogens is 1. The van der Waals surface area contributed by atoms with E-state index in [1.54, 1.807) is 30.3 Å². The maximum Gasteiger partial charge on any atom is 0.358 e. The molecule has 0 saturated heterocycles. The molecule has 1 aromatic heterocycles. The van der Waals surface area contributed by atoms with Gasteiger partial charge in [0.25, 0.3) is 5.91 Å². The summed E-state index contributed by atoms with van der Waals surface area (Å²) in [4.78, 5) is 40.1. The van der Waals surface area contributed by atoms with Crippen LogP contribution in [0.2, 0.25) is 0 Å². The fourth-order valence-electron chi connectivity index (χ4n) is 4.66. The van der Waals surface area contributed by atoms with E-state index in [4.69, 9.17) is 14.2 Å². The number of hydrogen-bond donors (Lipinski definition) is 2. The Morgan fingerprint density at radius 1 is 1.00 bits per heavy atom. The van der Waals surface area contributed by atoms with Crippen LogP contribution >= 0.6 is 0 Å². The highest BCUT2D eigenvalue weighted by Crippen LogP contribution is 2.32. The number of nitrogens with zero attached hydrogens (tertiary/aromatic N) is 1. The van der Waals surface area contributed by atoms with E-state index in [1.807, 2.05) is 0 Å². The lowest BCUT2D eigenvalue weighted by molar-refractivity contribution is 0.0575. The average Bonchev–Trinajstić information content (AvgIpc) is 3.22. The van der Waals surface area contributed by atoms with Crippen LogP contribution in [0.3, 0.4) is 0 Å². The lowest BCUT2D eigenvalue weighted by Crippen LogP contribution is -2.35. The van der Waals surface area contributed by atoms with E-state index in [0.717, 1.165) is 25.4 Å². The summed E-state index contributed by atoms with van der Waals surface area (Å²) in [6, 6.07) is 10.3. The van der Waals surface area contributed by atoms with E-state index in [2.05, 4.69) is 10.6 Å². The summed E-state index contributed by atoms with van der Waals surface area (Å²) in [5, 5.41) is 5.13. The number of amides is 1. The number of esters is 1. The van der Waals surface area contributed by atoms with Crippen LogP contribution in [0.25, 0.3) is 0 Å². The van der Waals surface area contributed by atoms with Gasteiger partial charge in [0.2, 0.25) is 5.43 Å². The third-order valence-electron chi connectivity index (χ3n) is 6.95. The topological polar surface area (TPSA) is 108 Å². The Balaban J connectivity index is 1.57. The monoisotopic (exact) mass is 629 g/mol. The molecule has 45 heavy (non-hydrogen) atoms. The number of ether oxygens (including phenoxy) is 3. The van der Waals surface area contributed by atoms with Crippen LogP contribution in [-0.4, -0.2) is 36.7 Å². The summed E-state index contributed by atoms with van der Waals surface area (Å²) in [7, 11) is 1.06. The summed E-state index contributed by atoms with van der Waals surface area (Å²) in [6.45, 7) is -1.30. The molecule has 4 aromatic rings. The molecule has 2 heterocycles. The van der Waals surface area contributed by atoms with Gasteiger partial charge in [0.15, 0.2) is 23.1 Å². The highest BCUT2D eigenvalue weighted by atomic mass is 19.2. The number of hydrogen-bond acceptors (Lipinski definition) is 7. The van der Waals surface area contributed by atoms with Crippen LogP contribution in [0.4, 0.5) is 27.6 Å². The van der Waals surface area contributed by atoms with Gasteiger partial charge in [0.1, 0.15) is 42.0 Å². The summed E-state index contributed by atoms with van der Waals surface area (Å²) in [6.07, 6.45) is 1.02. The van der Waals surface area contributed by atoms with Gasteiger partial charge in [-0.1, -0.05) is 30.3 Å². The molecule has 9 nitrogen and oxygen atoms in total. The van der Waals surface area contributed by atoms with Crippen LogP contribution in [-0.2, 0) is 17.9 Å². The zero-order valence-corrected chi connectivity index (χ0v) is 23.5. The first-order chi connectivity index (χ1) is 21.6. The molecule has 0 bridgehead atoms. The fourth-order valence-corrected chi connectivity index (χ4v) is 4.66. The van der Waals surface area contributed by atoms with Gasteiger partial charge in [0, 0.05) is 49.1 Å². The molecular weight excluding hydrogens is 605 g/mol. The van der Waals surface area contributed by atoms with Gasteiger partial charge < -0.3 is 29.4 Å². The molecule has 0 spiro atoms. The van der Waals surface area contributed by atoms with Crippen LogP contribution < -0.4 is 25.5 Å². The van der Waals surface area contributed by atoms with Crippen molar-refractivity contribution < 1.29 is 45.8 Å². The summed E-state index contributed by atoms with van der Waals surface area (Å²) < 4.78 is 87.2. The lowest BCUT2D eigenvalue weighted by Gasteiger charge is -2.24. The first-order valence-corrected chi connectivity index (χ1v) is 13.4. The van der Waals surface area contributed by atoms with Gasteiger partial charge in [-0.15, -0.1) is 0 Å². The van der Waals surface area contributed by atoms with Crippen molar-refractivity contribution in [3.63, 3.8) is 0 Å². The zero-order chi connectivity index (χ0) is 32.2. The van der Waals surface area contributed by atoms with E-state index in [-0.39, 0.29) is 31.2 Å². The maximum atomic E-state index is 14.2. The number of carbonyl (C=O) groups is 2. The van der Waals surface area contributed by atoms with Crippen molar-refractivity contribution in [3.8, 4) is 11.5 Å². The average molecular weight is 630 g/mol. The molecule has 1 unspecified atom stereocenters. The quantitative estimate of drug-likeness (QED) is 0.211. The number of anilines is 1. The Morgan fingerprint density at radius 2 is 1.69 bits per heavy atom. The molecule has 14 heteroatoms. The first-order valence-electron chi connectivity index (χ1n) is 13.4. The summed E-state index contributed by atoms with van der Waals surface area (Å²) in [5.74, 6) is -8.68. The van der Waals surface area contributed by atoms with Crippen molar-refractivity contribution in [2.24, 2.45) is 0 Å². The number of methoxy groups -OCH3 is 1. The minimum atomic E-state index is -1.26. The SMILES string of the molecule is COC(=O)c1c(OCc2ccccc2)c(=O)c(C(=O)NCc2c(F)cc(F)cc2F)cn1C1CNc2cc(F)c(F)cc2OC1. The van der Waals surface area contributed by atoms with E-state index in [9.17, 15) is 36.3 Å². The Kier molecular flexibility index (Phi) is 9.02. The molecule has 1 atom stereocenters. The number of benzene rings is 3. The molecule has 0 saturated carbocycles. The van der Waals surface area contributed by atoms with Crippen molar-refractivity contribution in [2.75, 3.05) is 25.6 Å². The van der Waals surface area contributed by atoms with E-state index < -0.39 is 81.5 Å². The third kappa shape index (κ3) is 6.59. The Hall–Kier alpha value is -5.40. The normalized spacial score (nSPS) is 14.0. The highest BCUT2D eigenvalue weighted by molar-refractivity contribution is 5.97. The maximum absolute atomic E-state index is 14.2. The second-order valence-electron chi connectivity index (χ2n) is 9.86. The predicted octanol–water partition coefficient (Wildman–Crippen LogP) is 4.89. The van der Waals surface area contributed by atoms with Gasteiger partial charge >= 0.3 is 5.97 Å². The van der Waals surface area contributed by atoms with Gasteiger partial charge in [-0.25, -0.2) is 26.7 Å². The molecule has 1 aliphatic rings. The van der Waals surface area contributed by atoms with E-state index in [1.165, 1.54) is 4.57 Å². The zero-order valence-electron chi connectivity index (χ0n) is 23.5. The number of pyridine rings is 1. The minimum absolute atomic E-state index is 0.0288. The third-order valence-corrected chi connectivity index (χ3v) is 6.95. The standard InChI is InChI=1S/C31H24F5N3O6/c1-43-31(42)27-29(45-14-16-5-3-2-4-6-16)28(40)20(30(41)38-12-19-21(33)7-17(32)8-22(19)34)13-39(27)18-11-37-25-9-23(35)24(36)10-26(25)44-15-18/h2-10,13,18,37H,11-12,14-15H2,1H3,(H,38,41). The molecule has 234 valence electrons. The number of halogens is 5. The number of rotatable bonds is 8. The molecule has 0 radical (unpaired) electrons. The molecule has 0 aliphatic carbocycles. The second kappa shape index (κ2) is 13.1. The van der Waals surface area contributed by atoms with E-state index >= 15 is 0 Å². The van der Waals surface area contributed by atoms with Gasteiger partial charge in [-0.05, 0) is 5.56 Å².